The van der Waals surface area contributed by atoms with Gasteiger partial charge in [-0.1, -0.05) is 23.8 Å². The summed E-state index contributed by atoms with van der Waals surface area (Å²) in [6, 6.07) is 6.22. The van der Waals surface area contributed by atoms with Gasteiger partial charge in [0.15, 0.2) is 0 Å². The summed E-state index contributed by atoms with van der Waals surface area (Å²) in [5.41, 5.74) is 3.48. The molecule has 98 valence electrons. The highest BCUT2D eigenvalue weighted by Crippen LogP contribution is 2.12. The summed E-state index contributed by atoms with van der Waals surface area (Å²) in [7, 11) is 0. The summed E-state index contributed by atoms with van der Waals surface area (Å²) in [4.78, 5) is 11.9. The van der Waals surface area contributed by atoms with Crippen molar-refractivity contribution >= 4 is 5.91 Å². The van der Waals surface area contributed by atoms with Crippen molar-refractivity contribution < 1.29 is 9.53 Å². The Morgan fingerprint density at radius 2 is 2.28 bits per heavy atom. The van der Waals surface area contributed by atoms with E-state index < -0.39 is 0 Å². The predicted molar refractivity (Wildman–Crippen MR) is 71.6 cm³/mol. The molecule has 3 nitrogen and oxygen atoms in total. The molecule has 1 aromatic carbocycles. The number of nitrogens with one attached hydrogen (secondary N) is 1. The normalized spacial score (nSPS) is 18.9. The molecule has 18 heavy (non-hydrogen) atoms. The number of amides is 1. The van der Waals surface area contributed by atoms with E-state index >= 15 is 0 Å². The first kappa shape index (κ1) is 13.1. The molecule has 1 heterocycles. The predicted octanol–water partition coefficient (Wildman–Crippen LogP) is 2.14. The van der Waals surface area contributed by atoms with E-state index in [1.165, 1.54) is 11.1 Å². The van der Waals surface area contributed by atoms with Gasteiger partial charge in [-0.25, -0.2) is 0 Å². The average molecular weight is 247 g/mol. The number of hydrogen-bond acceptors (Lipinski definition) is 2. The van der Waals surface area contributed by atoms with Gasteiger partial charge < -0.3 is 10.1 Å². The molecule has 1 aliphatic heterocycles. The van der Waals surface area contributed by atoms with Gasteiger partial charge in [0, 0.05) is 13.2 Å². The molecule has 0 saturated carbocycles. The summed E-state index contributed by atoms with van der Waals surface area (Å²) in [6.07, 6.45) is 2.84. The lowest BCUT2D eigenvalue weighted by atomic mass is 10.0. The molecule has 3 heteroatoms. The fourth-order valence-electron chi connectivity index (χ4n) is 2.26. The Morgan fingerprint density at radius 3 is 3.00 bits per heavy atom. The lowest BCUT2D eigenvalue weighted by Crippen LogP contribution is -2.32. The summed E-state index contributed by atoms with van der Waals surface area (Å²) < 4.78 is 5.48. The molecule has 1 saturated heterocycles. The monoisotopic (exact) mass is 247 g/mol. The topological polar surface area (TPSA) is 38.3 Å². The van der Waals surface area contributed by atoms with Crippen molar-refractivity contribution in [3.63, 3.8) is 0 Å². The van der Waals surface area contributed by atoms with Crippen molar-refractivity contribution in [2.45, 2.75) is 39.2 Å². The minimum atomic E-state index is 0.0826. The number of carbonyl (C=O) groups is 1. The first-order valence-electron chi connectivity index (χ1n) is 6.59. The first-order chi connectivity index (χ1) is 8.65. The molecule has 1 fully saturated rings. The van der Waals surface area contributed by atoms with Gasteiger partial charge in [0.25, 0.3) is 0 Å². The number of ether oxygens (including phenoxy) is 1. The van der Waals surface area contributed by atoms with E-state index in [9.17, 15) is 4.79 Å². The zero-order valence-corrected chi connectivity index (χ0v) is 11.2. The maximum Gasteiger partial charge on any atom is 0.224 e. The van der Waals surface area contributed by atoms with E-state index in [-0.39, 0.29) is 12.0 Å². The van der Waals surface area contributed by atoms with Crippen LogP contribution in [0.4, 0.5) is 0 Å². The maximum absolute atomic E-state index is 11.9. The number of aryl methyl sites for hydroxylation is 2. The number of carbonyl (C=O) groups excluding carboxylic acids is 1. The summed E-state index contributed by atoms with van der Waals surface area (Å²) in [6.45, 7) is 5.57. The molecule has 1 aliphatic rings. The van der Waals surface area contributed by atoms with Crippen molar-refractivity contribution in [2.24, 2.45) is 0 Å². The Labute approximate surface area is 109 Å². The van der Waals surface area contributed by atoms with Gasteiger partial charge in [-0.15, -0.1) is 0 Å². The van der Waals surface area contributed by atoms with E-state index in [4.69, 9.17) is 4.74 Å². The quantitative estimate of drug-likeness (QED) is 0.885. The molecular weight excluding hydrogens is 226 g/mol. The lowest BCUT2D eigenvalue weighted by Gasteiger charge is -2.12. The molecule has 1 amide bonds. The molecular formula is C15H21NO2. The van der Waals surface area contributed by atoms with Crippen LogP contribution in [0.2, 0.25) is 0 Å². The van der Waals surface area contributed by atoms with Gasteiger partial charge in [0.05, 0.1) is 12.5 Å². The van der Waals surface area contributed by atoms with Crippen LogP contribution in [0, 0.1) is 13.8 Å². The third-order valence-electron chi connectivity index (χ3n) is 3.41. The maximum atomic E-state index is 11.9. The van der Waals surface area contributed by atoms with Crippen LogP contribution in [0.25, 0.3) is 0 Å². The van der Waals surface area contributed by atoms with E-state index in [1.807, 2.05) is 13.8 Å². The Hall–Kier alpha value is -1.35. The first-order valence-corrected chi connectivity index (χ1v) is 6.59. The third kappa shape index (κ3) is 3.57. The lowest BCUT2D eigenvalue weighted by molar-refractivity contribution is -0.120. The summed E-state index contributed by atoms with van der Waals surface area (Å²) in [5.74, 6) is 0.0826. The Balaban J connectivity index is 1.84. The standard InChI is InChI=1S/C15H21NO2/c1-11-5-6-12(2)13(8-11)9-15(17)16-10-14-4-3-7-18-14/h5-6,8,14H,3-4,7,9-10H2,1-2H3,(H,16,17)/t14-/m0/s1. The molecule has 0 aromatic heterocycles. The van der Waals surface area contributed by atoms with Gasteiger partial charge >= 0.3 is 0 Å². The van der Waals surface area contributed by atoms with Crippen molar-refractivity contribution in [1.82, 2.24) is 5.32 Å². The van der Waals surface area contributed by atoms with E-state index in [0.29, 0.717) is 13.0 Å². The zero-order chi connectivity index (χ0) is 13.0. The average Bonchev–Trinajstić information content (AvgIpc) is 2.84. The highest BCUT2D eigenvalue weighted by atomic mass is 16.5. The molecule has 0 bridgehead atoms. The van der Waals surface area contributed by atoms with Crippen molar-refractivity contribution in [3.8, 4) is 0 Å². The van der Waals surface area contributed by atoms with Gasteiger partial charge in [0.2, 0.25) is 5.91 Å². The van der Waals surface area contributed by atoms with Crippen molar-refractivity contribution in [1.29, 1.82) is 0 Å². The Bertz CT molecular complexity index is 423. The number of rotatable bonds is 4. The van der Waals surface area contributed by atoms with Crippen LogP contribution in [0.5, 0.6) is 0 Å². The summed E-state index contributed by atoms with van der Waals surface area (Å²) >= 11 is 0. The Morgan fingerprint density at radius 1 is 1.44 bits per heavy atom. The SMILES string of the molecule is Cc1ccc(C)c(CC(=O)NC[C@@H]2CCCO2)c1. The number of benzene rings is 1. The van der Waals surface area contributed by atoms with Gasteiger partial charge in [-0.3, -0.25) is 4.79 Å². The fourth-order valence-corrected chi connectivity index (χ4v) is 2.26. The van der Waals surface area contributed by atoms with Crippen LogP contribution in [-0.2, 0) is 16.0 Å². The highest BCUT2D eigenvalue weighted by Gasteiger charge is 2.16. The van der Waals surface area contributed by atoms with Gasteiger partial charge in [-0.2, -0.15) is 0 Å². The molecule has 0 aliphatic carbocycles. The van der Waals surface area contributed by atoms with Crippen LogP contribution < -0.4 is 5.32 Å². The van der Waals surface area contributed by atoms with E-state index in [2.05, 4.69) is 23.5 Å². The van der Waals surface area contributed by atoms with Gasteiger partial charge in [0.1, 0.15) is 0 Å². The van der Waals surface area contributed by atoms with Crippen LogP contribution in [0.15, 0.2) is 18.2 Å². The minimum Gasteiger partial charge on any atom is -0.376 e. The molecule has 2 rings (SSSR count). The molecule has 0 unspecified atom stereocenters. The van der Waals surface area contributed by atoms with E-state index in [0.717, 1.165) is 25.0 Å². The number of hydrogen-bond donors (Lipinski definition) is 1. The van der Waals surface area contributed by atoms with Crippen molar-refractivity contribution in [3.05, 3.63) is 34.9 Å². The Kier molecular flexibility index (Phi) is 4.37. The minimum absolute atomic E-state index is 0.0826. The molecule has 0 radical (unpaired) electrons. The second-order valence-corrected chi connectivity index (χ2v) is 5.05. The zero-order valence-electron chi connectivity index (χ0n) is 11.2. The molecule has 0 spiro atoms. The van der Waals surface area contributed by atoms with Crippen molar-refractivity contribution in [2.75, 3.05) is 13.2 Å². The highest BCUT2D eigenvalue weighted by molar-refractivity contribution is 5.79. The van der Waals surface area contributed by atoms with Crippen LogP contribution >= 0.6 is 0 Å². The molecule has 1 aromatic rings. The van der Waals surface area contributed by atoms with Crippen LogP contribution in [-0.4, -0.2) is 25.2 Å². The van der Waals surface area contributed by atoms with Crippen LogP contribution in [0.1, 0.15) is 29.5 Å². The second-order valence-electron chi connectivity index (χ2n) is 5.05. The smallest absolute Gasteiger partial charge is 0.224 e. The third-order valence-corrected chi connectivity index (χ3v) is 3.41. The van der Waals surface area contributed by atoms with Gasteiger partial charge in [-0.05, 0) is 37.8 Å². The molecule has 1 N–H and O–H groups in total. The largest absolute Gasteiger partial charge is 0.376 e. The van der Waals surface area contributed by atoms with Crippen LogP contribution in [0.3, 0.4) is 0 Å². The van der Waals surface area contributed by atoms with E-state index in [1.54, 1.807) is 0 Å². The second kappa shape index (κ2) is 6.01. The molecule has 1 atom stereocenters. The summed E-state index contributed by atoms with van der Waals surface area (Å²) in [5, 5.41) is 2.96. The fraction of sp³-hybridized carbons (Fsp3) is 0.533.